The molecule has 0 aromatic heterocycles. The van der Waals surface area contributed by atoms with E-state index in [-0.39, 0.29) is 5.75 Å². The Morgan fingerprint density at radius 3 is 2.47 bits per heavy atom. The van der Waals surface area contributed by atoms with E-state index in [1.54, 1.807) is 0 Å². The zero-order valence-corrected chi connectivity index (χ0v) is 9.99. The summed E-state index contributed by atoms with van der Waals surface area (Å²) >= 11 is 0. The first-order valence-corrected chi connectivity index (χ1v) is 5.64. The Hall–Kier alpha value is -2.05. The Bertz CT molecular complexity index is 533. The summed E-state index contributed by atoms with van der Waals surface area (Å²) in [5.74, 6) is -0.596. The Morgan fingerprint density at radius 1 is 1.05 bits per heavy atom. The van der Waals surface area contributed by atoms with Crippen molar-refractivity contribution in [3.63, 3.8) is 0 Å². The Balaban J connectivity index is 2.04. The maximum atomic E-state index is 13.3. The SMILES string of the molecule is OB(O)Oc1cc(OCc2ccccc2)ccc1F. The minimum absolute atomic E-state index is 0.277. The van der Waals surface area contributed by atoms with Crippen molar-refractivity contribution < 1.29 is 23.8 Å². The number of halogens is 1. The summed E-state index contributed by atoms with van der Waals surface area (Å²) in [5, 5.41) is 17.3. The fraction of sp³-hybridized carbons (Fsp3) is 0.0769. The summed E-state index contributed by atoms with van der Waals surface area (Å²) in [7, 11) is -2.07. The molecule has 0 bridgehead atoms. The highest BCUT2D eigenvalue weighted by atomic mass is 19.1. The quantitative estimate of drug-likeness (QED) is 0.806. The summed E-state index contributed by atoms with van der Waals surface area (Å²) in [6.45, 7) is 0.327. The lowest BCUT2D eigenvalue weighted by Gasteiger charge is -2.10. The van der Waals surface area contributed by atoms with Crippen molar-refractivity contribution in [3.05, 3.63) is 59.9 Å². The van der Waals surface area contributed by atoms with Gasteiger partial charge >= 0.3 is 7.32 Å². The molecule has 2 aromatic carbocycles. The van der Waals surface area contributed by atoms with Crippen molar-refractivity contribution in [3.8, 4) is 11.5 Å². The third kappa shape index (κ3) is 3.98. The maximum absolute atomic E-state index is 13.3. The van der Waals surface area contributed by atoms with Crippen LogP contribution in [-0.4, -0.2) is 17.4 Å². The van der Waals surface area contributed by atoms with E-state index in [9.17, 15) is 4.39 Å². The topological polar surface area (TPSA) is 58.9 Å². The maximum Gasteiger partial charge on any atom is 0.707 e. The second kappa shape index (κ2) is 6.22. The van der Waals surface area contributed by atoms with Crippen LogP contribution in [0.3, 0.4) is 0 Å². The molecule has 0 aliphatic rings. The summed E-state index contributed by atoms with van der Waals surface area (Å²) < 4.78 is 23.2. The molecule has 0 amide bonds. The van der Waals surface area contributed by atoms with Crippen LogP contribution in [0.25, 0.3) is 0 Å². The van der Waals surface area contributed by atoms with Crippen molar-refractivity contribution in [1.29, 1.82) is 0 Å². The first kappa shape index (κ1) is 13.4. The third-order valence-electron chi connectivity index (χ3n) is 2.38. The number of benzene rings is 2. The lowest BCUT2D eigenvalue weighted by atomic mass is 10.2. The average molecular weight is 262 g/mol. The minimum Gasteiger partial charge on any atom is -0.509 e. The van der Waals surface area contributed by atoms with Gasteiger partial charge < -0.3 is 19.4 Å². The molecule has 2 N–H and O–H groups in total. The molecule has 0 fully saturated rings. The minimum atomic E-state index is -2.07. The Labute approximate surface area is 110 Å². The van der Waals surface area contributed by atoms with Gasteiger partial charge in [-0.1, -0.05) is 30.3 Å². The van der Waals surface area contributed by atoms with E-state index in [0.29, 0.717) is 12.4 Å². The number of hydrogen-bond donors (Lipinski definition) is 2. The molecule has 0 aliphatic carbocycles. The van der Waals surface area contributed by atoms with Gasteiger partial charge in [0.25, 0.3) is 0 Å². The molecule has 0 unspecified atom stereocenters. The zero-order valence-electron chi connectivity index (χ0n) is 9.99. The smallest absolute Gasteiger partial charge is 0.509 e. The van der Waals surface area contributed by atoms with E-state index in [2.05, 4.69) is 4.65 Å². The van der Waals surface area contributed by atoms with Gasteiger partial charge in [-0.3, -0.25) is 0 Å². The van der Waals surface area contributed by atoms with Crippen molar-refractivity contribution in [2.24, 2.45) is 0 Å². The van der Waals surface area contributed by atoms with Gasteiger partial charge in [-0.15, -0.1) is 0 Å². The molecule has 0 atom stereocenters. The summed E-state index contributed by atoms with van der Waals surface area (Å²) in [5.41, 5.74) is 0.969. The molecule has 6 heteroatoms. The molecular weight excluding hydrogens is 250 g/mol. The van der Waals surface area contributed by atoms with Crippen LogP contribution in [0.15, 0.2) is 48.5 Å². The fourth-order valence-electron chi connectivity index (χ4n) is 1.52. The summed E-state index contributed by atoms with van der Waals surface area (Å²) in [6, 6.07) is 13.3. The van der Waals surface area contributed by atoms with Gasteiger partial charge in [0.05, 0.1) is 0 Å². The second-order valence-electron chi connectivity index (χ2n) is 3.81. The predicted molar refractivity (Wildman–Crippen MR) is 68.0 cm³/mol. The van der Waals surface area contributed by atoms with Crippen molar-refractivity contribution >= 4 is 7.32 Å². The molecule has 0 heterocycles. The first-order valence-electron chi connectivity index (χ1n) is 5.64. The molecule has 4 nitrogen and oxygen atoms in total. The molecule has 2 rings (SSSR count). The van der Waals surface area contributed by atoms with Crippen LogP contribution in [0.4, 0.5) is 4.39 Å². The van der Waals surface area contributed by atoms with Crippen molar-refractivity contribution in [2.75, 3.05) is 0 Å². The molecule has 0 radical (unpaired) electrons. The van der Waals surface area contributed by atoms with Crippen molar-refractivity contribution in [2.45, 2.75) is 6.61 Å². The van der Waals surface area contributed by atoms with Gasteiger partial charge in [0.1, 0.15) is 18.1 Å². The van der Waals surface area contributed by atoms with Crippen molar-refractivity contribution in [1.82, 2.24) is 0 Å². The van der Waals surface area contributed by atoms with Crippen LogP contribution >= 0.6 is 0 Å². The summed E-state index contributed by atoms with van der Waals surface area (Å²) in [6.07, 6.45) is 0. The third-order valence-corrected chi connectivity index (χ3v) is 2.38. The van der Waals surface area contributed by atoms with E-state index < -0.39 is 13.1 Å². The van der Waals surface area contributed by atoms with Gasteiger partial charge in [0.2, 0.25) is 0 Å². The highest BCUT2D eigenvalue weighted by molar-refractivity contribution is 6.33. The number of hydrogen-bond acceptors (Lipinski definition) is 4. The summed E-state index contributed by atoms with van der Waals surface area (Å²) in [4.78, 5) is 0. The highest BCUT2D eigenvalue weighted by Crippen LogP contribution is 2.24. The van der Waals surface area contributed by atoms with E-state index >= 15 is 0 Å². The Morgan fingerprint density at radius 2 is 1.79 bits per heavy atom. The van der Waals surface area contributed by atoms with E-state index in [1.165, 1.54) is 12.1 Å². The van der Waals surface area contributed by atoms with E-state index in [1.807, 2.05) is 30.3 Å². The standard InChI is InChI=1S/C13H12BFO4/c15-12-7-6-11(8-13(12)19-14(16)17)18-9-10-4-2-1-3-5-10/h1-8,16-17H,9H2. The second-order valence-corrected chi connectivity index (χ2v) is 3.81. The van der Waals surface area contributed by atoms with Gasteiger partial charge in [-0.2, -0.15) is 0 Å². The number of rotatable bonds is 5. The molecule has 2 aromatic rings. The van der Waals surface area contributed by atoms with Crippen LogP contribution in [0.5, 0.6) is 11.5 Å². The zero-order chi connectivity index (χ0) is 13.7. The lowest BCUT2D eigenvalue weighted by molar-refractivity contribution is 0.277. The fourth-order valence-corrected chi connectivity index (χ4v) is 1.52. The van der Waals surface area contributed by atoms with Crippen LogP contribution in [0.2, 0.25) is 0 Å². The van der Waals surface area contributed by atoms with Gasteiger partial charge in [-0.05, 0) is 17.7 Å². The molecule has 0 spiro atoms. The van der Waals surface area contributed by atoms with Crippen LogP contribution in [0.1, 0.15) is 5.56 Å². The van der Waals surface area contributed by atoms with Crippen LogP contribution in [-0.2, 0) is 6.61 Å². The monoisotopic (exact) mass is 262 g/mol. The van der Waals surface area contributed by atoms with Gasteiger partial charge in [0.15, 0.2) is 5.82 Å². The largest absolute Gasteiger partial charge is 0.707 e. The average Bonchev–Trinajstić information content (AvgIpc) is 2.40. The molecule has 0 aliphatic heterocycles. The normalized spacial score (nSPS) is 10.1. The Kier molecular flexibility index (Phi) is 4.38. The lowest BCUT2D eigenvalue weighted by Crippen LogP contribution is -2.21. The van der Waals surface area contributed by atoms with Crippen LogP contribution in [0, 0.1) is 5.82 Å². The molecule has 19 heavy (non-hydrogen) atoms. The number of ether oxygens (including phenoxy) is 1. The molecular formula is C13H12BFO4. The first-order chi connectivity index (χ1) is 9.15. The molecule has 98 valence electrons. The van der Waals surface area contributed by atoms with Gasteiger partial charge in [-0.25, -0.2) is 4.39 Å². The highest BCUT2D eigenvalue weighted by Gasteiger charge is 2.15. The van der Waals surface area contributed by atoms with Gasteiger partial charge in [0, 0.05) is 6.07 Å². The van der Waals surface area contributed by atoms with E-state index in [0.717, 1.165) is 11.6 Å². The predicted octanol–water partition coefficient (Wildman–Crippen LogP) is 1.75. The molecule has 0 saturated heterocycles. The van der Waals surface area contributed by atoms with Crippen LogP contribution < -0.4 is 9.39 Å². The molecule has 0 saturated carbocycles. The van der Waals surface area contributed by atoms with E-state index in [4.69, 9.17) is 14.8 Å².